The van der Waals surface area contributed by atoms with E-state index in [-0.39, 0.29) is 0 Å². The van der Waals surface area contributed by atoms with E-state index in [0.717, 1.165) is 0 Å². The van der Waals surface area contributed by atoms with E-state index in [1.807, 2.05) is 0 Å². The van der Waals surface area contributed by atoms with Crippen molar-refractivity contribution in [1.82, 2.24) is 0 Å². The second-order valence-electron chi connectivity index (χ2n) is 6.21. The Bertz CT molecular complexity index is 1040. The van der Waals surface area contributed by atoms with Crippen LogP contribution in [-0.4, -0.2) is 0 Å². The van der Waals surface area contributed by atoms with E-state index in [1.54, 1.807) is 0 Å². The molecular weight excluding hydrogens is 264 g/mol. The number of rotatable bonds is 0. The maximum absolute atomic E-state index is 2.45. The van der Waals surface area contributed by atoms with Crippen LogP contribution in [0.3, 0.4) is 0 Å². The summed E-state index contributed by atoms with van der Waals surface area (Å²) in [7, 11) is 0. The Hall–Kier alpha value is -2.60. The molecule has 2 unspecified atom stereocenters. The quantitative estimate of drug-likeness (QED) is 0.587. The van der Waals surface area contributed by atoms with Crippen LogP contribution < -0.4 is 10.4 Å². The lowest BCUT2D eigenvalue weighted by Gasteiger charge is -2.28. The first-order valence-electron chi connectivity index (χ1n) is 7.89. The summed E-state index contributed by atoms with van der Waals surface area (Å²) in [4.78, 5) is 0. The first-order chi connectivity index (χ1) is 10.9. The second-order valence-corrected chi connectivity index (χ2v) is 6.21. The van der Waals surface area contributed by atoms with E-state index in [9.17, 15) is 0 Å². The summed E-state index contributed by atoms with van der Waals surface area (Å²) in [5, 5.41) is 5.44. The minimum absolute atomic E-state index is 0.466. The maximum atomic E-state index is 2.45. The molecule has 0 saturated heterocycles. The van der Waals surface area contributed by atoms with Gasteiger partial charge >= 0.3 is 0 Å². The molecule has 0 spiro atoms. The van der Waals surface area contributed by atoms with Crippen LogP contribution in [0.4, 0.5) is 0 Å². The zero-order chi connectivity index (χ0) is 14.5. The molecule has 22 heavy (non-hydrogen) atoms. The molecule has 0 nitrogen and oxygen atoms in total. The van der Waals surface area contributed by atoms with Crippen LogP contribution in [-0.2, 0) is 0 Å². The van der Waals surface area contributed by atoms with Gasteiger partial charge in [-0.05, 0) is 32.3 Å². The largest absolute Gasteiger partial charge is 0.0761 e. The third-order valence-electron chi connectivity index (χ3n) is 4.99. The highest BCUT2D eigenvalue weighted by Crippen LogP contribution is 2.37. The summed E-state index contributed by atoms with van der Waals surface area (Å²) in [6.45, 7) is 0. The molecule has 0 fully saturated rings. The molecule has 2 atom stereocenters. The minimum Gasteiger partial charge on any atom is -0.0761 e. The molecule has 3 aromatic carbocycles. The maximum Gasteiger partial charge on any atom is 0.0131 e. The monoisotopic (exact) mass is 280 g/mol. The Morgan fingerprint density at radius 2 is 1.59 bits per heavy atom. The molecule has 0 aromatic heterocycles. The fraction of sp³-hybridized carbons (Fsp3) is 0.0909. The van der Waals surface area contributed by atoms with Crippen molar-refractivity contribution in [3.05, 3.63) is 88.3 Å². The zero-order valence-electron chi connectivity index (χ0n) is 12.2. The van der Waals surface area contributed by atoms with Gasteiger partial charge in [0.2, 0.25) is 0 Å². The molecular formula is C22H16. The summed E-state index contributed by atoms with van der Waals surface area (Å²) in [5.74, 6) is 0.933. The van der Waals surface area contributed by atoms with Crippen LogP contribution in [0.25, 0.3) is 29.0 Å². The highest BCUT2D eigenvalue weighted by molar-refractivity contribution is 5.85. The van der Waals surface area contributed by atoms with Crippen molar-refractivity contribution in [2.45, 2.75) is 5.92 Å². The van der Waals surface area contributed by atoms with E-state index in [0.29, 0.717) is 11.8 Å². The van der Waals surface area contributed by atoms with Crippen molar-refractivity contribution < 1.29 is 0 Å². The number of fused-ring (bicyclic) bond motifs is 6. The molecule has 5 rings (SSSR count). The smallest absolute Gasteiger partial charge is 0.0131 e. The summed E-state index contributed by atoms with van der Waals surface area (Å²) in [6, 6.07) is 21.9. The van der Waals surface area contributed by atoms with Gasteiger partial charge < -0.3 is 0 Å². The Balaban J connectivity index is 1.83. The van der Waals surface area contributed by atoms with Gasteiger partial charge in [-0.2, -0.15) is 0 Å². The minimum atomic E-state index is 0.466. The van der Waals surface area contributed by atoms with Gasteiger partial charge in [0.1, 0.15) is 0 Å². The average molecular weight is 280 g/mol. The fourth-order valence-corrected chi connectivity index (χ4v) is 3.90. The fourth-order valence-electron chi connectivity index (χ4n) is 3.90. The summed E-state index contributed by atoms with van der Waals surface area (Å²) >= 11 is 0. The van der Waals surface area contributed by atoms with Gasteiger partial charge in [-0.3, -0.25) is 0 Å². The molecule has 0 heterocycles. The number of hydrogen-bond acceptors (Lipinski definition) is 0. The SMILES string of the molecule is C1=CC2C=c3c(ccc4ccccc34)=CC2c2ccccc21. The van der Waals surface area contributed by atoms with Crippen molar-refractivity contribution >= 4 is 29.0 Å². The molecule has 104 valence electrons. The van der Waals surface area contributed by atoms with Crippen molar-refractivity contribution in [3.63, 3.8) is 0 Å². The van der Waals surface area contributed by atoms with E-state index in [4.69, 9.17) is 0 Å². The second kappa shape index (κ2) is 4.45. The Kier molecular flexibility index (Phi) is 2.42. The van der Waals surface area contributed by atoms with Crippen LogP contribution in [0.2, 0.25) is 0 Å². The predicted molar refractivity (Wildman–Crippen MR) is 93.8 cm³/mol. The summed E-state index contributed by atoms with van der Waals surface area (Å²) < 4.78 is 0. The van der Waals surface area contributed by atoms with Gasteiger partial charge in [0.15, 0.2) is 0 Å². The Labute approximate surface area is 129 Å². The average Bonchev–Trinajstić information content (AvgIpc) is 2.60. The lowest BCUT2D eigenvalue weighted by atomic mass is 9.76. The number of hydrogen-bond donors (Lipinski definition) is 0. The third kappa shape index (κ3) is 1.64. The van der Waals surface area contributed by atoms with Crippen molar-refractivity contribution in [2.24, 2.45) is 5.92 Å². The number of benzene rings is 3. The van der Waals surface area contributed by atoms with E-state index < -0.39 is 0 Å². The molecule has 0 bridgehead atoms. The van der Waals surface area contributed by atoms with E-state index in [2.05, 4.69) is 85.0 Å². The van der Waals surface area contributed by atoms with E-state index >= 15 is 0 Å². The van der Waals surface area contributed by atoms with Gasteiger partial charge in [-0.25, -0.2) is 0 Å². The molecule has 0 N–H and O–H groups in total. The topological polar surface area (TPSA) is 0 Å². The lowest BCUT2D eigenvalue weighted by Crippen LogP contribution is -2.33. The predicted octanol–water partition coefficient (Wildman–Crippen LogP) is 3.84. The standard InChI is InChI=1S/C22H16/c1-3-7-19-15(5-1)9-11-17-14-22-18(13-21(17)19)12-10-16-6-2-4-8-20(16)22/h1-14,17,21H. The van der Waals surface area contributed by atoms with E-state index in [1.165, 1.54) is 32.3 Å². The van der Waals surface area contributed by atoms with Crippen LogP contribution in [0, 0.1) is 5.92 Å². The molecule has 3 aromatic rings. The normalized spacial score (nSPS) is 21.3. The molecule has 0 amide bonds. The number of allylic oxidation sites excluding steroid dienone is 1. The lowest BCUT2D eigenvalue weighted by molar-refractivity contribution is 0.754. The molecule has 0 aliphatic heterocycles. The van der Waals surface area contributed by atoms with Crippen molar-refractivity contribution in [1.29, 1.82) is 0 Å². The van der Waals surface area contributed by atoms with Gasteiger partial charge in [-0.15, -0.1) is 0 Å². The highest BCUT2D eigenvalue weighted by atomic mass is 14.3. The van der Waals surface area contributed by atoms with Gasteiger partial charge in [0, 0.05) is 11.8 Å². The summed E-state index contributed by atoms with van der Waals surface area (Å²) in [5.41, 5.74) is 2.81. The molecule has 2 aliphatic rings. The van der Waals surface area contributed by atoms with Crippen LogP contribution in [0.15, 0.2) is 66.7 Å². The van der Waals surface area contributed by atoms with Gasteiger partial charge in [-0.1, -0.05) is 85.0 Å². The van der Waals surface area contributed by atoms with Crippen LogP contribution in [0.5, 0.6) is 0 Å². The molecule has 0 saturated carbocycles. The first kappa shape index (κ1) is 12.0. The molecule has 2 aliphatic carbocycles. The third-order valence-corrected chi connectivity index (χ3v) is 4.99. The molecule has 0 radical (unpaired) electrons. The van der Waals surface area contributed by atoms with Gasteiger partial charge in [0.05, 0.1) is 0 Å². The Morgan fingerprint density at radius 3 is 2.59 bits per heavy atom. The summed E-state index contributed by atoms with van der Waals surface area (Å²) in [6.07, 6.45) is 9.54. The van der Waals surface area contributed by atoms with Crippen LogP contribution >= 0.6 is 0 Å². The highest BCUT2D eigenvalue weighted by Gasteiger charge is 2.24. The van der Waals surface area contributed by atoms with Crippen LogP contribution in [0.1, 0.15) is 17.0 Å². The first-order valence-corrected chi connectivity index (χ1v) is 7.89. The van der Waals surface area contributed by atoms with Crippen molar-refractivity contribution in [3.8, 4) is 0 Å². The zero-order valence-corrected chi connectivity index (χ0v) is 12.2. The molecule has 0 heteroatoms. The Morgan fingerprint density at radius 1 is 0.727 bits per heavy atom. The van der Waals surface area contributed by atoms with Crippen molar-refractivity contribution in [2.75, 3.05) is 0 Å². The van der Waals surface area contributed by atoms with Gasteiger partial charge in [0.25, 0.3) is 0 Å².